The van der Waals surface area contributed by atoms with Crippen LogP contribution in [0, 0.1) is 11.7 Å². The second kappa shape index (κ2) is 9.37. The maximum Gasteiger partial charge on any atom is 0.413 e. The molecule has 2 N–H and O–H groups in total. The number of amides is 2. The normalized spacial score (nSPS) is 16.2. The molecule has 13 heteroatoms. The van der Waals surface area contributed by atoms with Crippen LogP contribution in [-0.4, -0.2) is 42.7 Å². The first-order valence-corrected chi connectivity index (χ1v) is 9.51. The van der Waals surface area contributed by atoms with Gasteiger partial charge < -0.3 is 19.9 Å². The minimum atomic E-state index is -4.90. The first kappa shape index (κ1) is 24.5. The smallest absolute Gasteiger partial charge is 0.413 e. The van der Waals surface area contributed by atoms with E-state index in [9.17, 15) is 31.9 Å². The number of ether oxygens (including phenoxy) is 3. The van der Waals surface area contributed by atoms with Crippen LogP contribution >= 0.6 is 0 Å². The highest BCUT2D eigenvalue weighted by Crippen LogP contribution is 2.39. The summed E-state index contributed by atoms with van der Waals surface area (Å²) in [5.41, 5.74) is 3.58. The van der Waals surface area contributed by atoms with Crippen LogP contribution in [0.15, 0.2) is 42.1 Å². The van der Waals surface area contributed by atoms with E-state index in [-0.39, 0.29) is 35.7 Å². The number of rotatable bonds is 6. The predicted molar refractivity (Wildman–Crippen MR) is 108 cm³/mol. The van der Waals surface area contributed by atoms with E-state index in [2.05, 4.69) is 9.72 Å². The van der Waals surface area contributed by atoms with E-state index < -0.39 is 47.0 Å². The predicted octanol–water partition coefficient (Wildman–Crippen LogP) is 3.15. The van der Waals surface area contributed by atoms with E-state index in [1.807, 2.05) is 0 Å². The molecule has 9 nitrogen and oxygen atoms in total. The summed E-state index contributed by atoms with van der Waals surface area (Å²) in [5.74, 6) is -6.15. The number of hydrogen-bond donors (Lipinski definition) is 1. The maximum absolute atomic E-state index is 14.6. The summed E-state index contributed by atoms with van der Waals surface area (Å²) < 4.78 is 68.9. The van der Waals surface area contributed by atoms with Crippen molar-refractivity contribution < 1.29 is 46.2 Å². The quantitative estimate of drug-likeness (QED) is 0.288. The van der Waals surface area contributed by atoms with E-state index >= 15 is 0 Å². The molecule has 0 saturated carbocycles. The van der Waals surface area contributed by atoms with Crippen LogP contribution in [0.1, 0.15) is 6.92 Å². The Kier molecular flexibility index (Phi) is 6.75. The van der Waals surface area contributed by atoms with Gasteiger partial charge in [0.1, 0.15) is 11.6 Å². The number of esters is 1. The molecule has 0 bridgehead atoms. The number of halogens is 4. The average molecular weight is 483 g/mol. The number of pyridine rings is 1. The van der Waals surface area contributed by atoms with Crippen LogP contribution in [0.3, 0.4) is 0 Å². The van der Waals surface area contributed by atoms with E-state index in [0.29, 0.717) is 4.90 Å². The Morgan fingerprint density at radius 1 is 1.24 bits per heavy atom. The largest absolute Gasteiger partial charge is 0.466 e. The minimum absolute atomic E-state index is 0.0660. The molecule has 0 aliphatic carbocycles. The molecule has 0 spiro atoms. The molecule has 1 aromatic carbocycles. The highest BCUT2D eigenvalue weighted by atomic mass is 19.4. The number of hydrogen-bond acceptors (Lipinski definition) is 8. The molecule has 2 heterocycles. The van der Waals surface area contributed by atoms with Gasteiger partial charge in [0.25, 0.3) is 5.91 Å². The molecule has 0 saturated heterocycles. The van der Waals surface area contributed by atoms with E-state index in [1.165, 1.54) is 25.4 Å². The molecule has 1 aliphatic heterocycles. The highest BCUT2D eigenvalue weighted by molar-refractivity contribution is 6.22. The molecule has 2 aromatic rings. The number of nitrogens with zero attached hydrogens (tertiary/aromatic N) is 2. The third kappa shape index (κ3) is 5.08. The fourth-order valence-corrected chi connectivity index (χ4v) is 2.97. The summed E-state index contributed by atoms with van der Waals surface area (Å²) >= 11 is 0. The standard InChI is InChI=1S/C21H17F4N3O6/c1-10-12(21(23,24)25)5-18(29)28(20(10)31)15-7-16(14(26)6-13(15)22)34-11-3-4-17(27-8-11)33-9-19(30)32-2/h3-8,10H,9,26H2,1-2H3. The number of anilines is 2. The number of nitrogens with two attached hydrogens (primary N) is 1. The number of alkyl halides is 3. The van der Waals surface area contributed by atoms with Gasteiger partial charge in [0, 0.05) is 24.3 Å². The van der Waals surface area contributed by atoms with Gasteiger partial charge in [-0.3, -0.25) is 9.59 Å². The Bertz CT molecular complexity index is 1160. The lowest BCUT2D eigenvalue weighted by atomic mass is 9.94. The second-order valence-electron chi connectivity index (χ2n) is 6.97. The van der Waals surface area contributed by atoms with Gasteiger partial charge in [0.05, 0.1) is 36.2 Å². The number of aromatic nitrogens is 1. The first-order chi connectivity index (χ1) is 15.9. The van der Waals surface area contributed by atoms with Crippen LogP contribution < -0.4 is 20.1 Å². The second-order valence-corrected chi connectivity index (χ2v) is 6.97. The number of nitrogen functional groups attached to an aromatic ring is 1. The van der Waals surface area contributed by atoms with Gasteiger partial charge in [-0.2, -0.15) is 13.2 Å². The van der Waals surface area contributed by atoms with Crippen LogP contribution in [-0.2, 0) is 19.1 Å². The molecule has 1 aliphatic rings. The molecule has 2 amide bonds. The van der Waals surface area contributed by atoms with Crippen molar-refractivity contribution in [2.45, 2.75) is 13.1 Å². The van der Waals surface area contributed by atoms with Crippen molar-refractivity contribution in [1.29, 1.82) is 0 Å². The Morgan fingerprint density at radius 3 is 2.53 bits per heavy atom. The molecule has 0 radical (unpaired) electrons. The van der Waals surface area contributed by atoms with Crippen molar-refractivity contribution in [3.8, 4) is 17.4 Å². The summed E-state index contributed by atoms with van der Waals surface area (Å²) in [5, 5.41) is 0. The zero-order valence-corrected chi connectivity index (χ0v) is 17.7. The van der Waals surface area contributed by atoms with Gasteiger partial charge in [-0.15, -0.1) is 0 Å². The summed E-state index contributed by atoms with van der Waals surface area (Å²) in [6.07, 6.45) is -3.46. The first-order valence-electron chi connectivity index (χ1n) is 9.51. The Morgan fingerprint density at radius 2 is 1.94 bits per heavy atom. The van der Waals surface area contributed by atoms with Gasteiger partial charge >= 0.3 is 12.1 Å². The fourth-order valence-electron chi connectivity index (χ4n) is 2.97. The van der Waals surface area contributed by atoms with Crippen molar-refractivity contribution in [2.24, 2.45) is 5.92 Å². The summed E-state index contributed by atoms with van der Waals surface area (Å²) in [6, 6.07) is 4.41. The lowest BCUT2D eigenvalue weighted by Crippen LogP contribution is -2.46. The molecule has 1 aromatic heterocycles. The van der Waals surface area contributed by atoms with Crippen molar-refractivity contribution in [3.63, 3.8) is 0 Å². The maximum atomic E-state index is 14.6. The fraction of sp³-hybridized carbons (Fsp3) is 0.238. The SMILES string of the molecule is COC(=O)COc1ccc(Oc2cc(N3C(=O)C=C(C(F)(F)F)C(C)C3=O)c(F)cc2N)cn1. The zero-order valence-electron chi connectivity index (χ0n) is 17.7. The van der Waals surface area contributed by atoms with Crippen LogP contribution in [0.25, 0.3) is 0 Å². The van der Waals surface area contributed by atoms with Crippen molar-refractivity contribution in [2.75, 3.05) is 24.4 Å². The molecular formula is C21H17F4N3O6. The van der Waals surface area contributed by atoms with Crippen molar-refractivity contribution in [1.82, 2.24) is 4.98 Å². The number of carbonyl (C=O) groups excluding carboxylic acids is 3. The number of methoxy groups -OCH3 is 1. The number of imide groups is 1. The van der Waals surface area contributed by atoms with E-state index in [0.717, 1.165) is 19.1 Å². The van der Waals surface area contributed by atoms with E-state index in [4.69, 9.17) is 15.2 Å². The molecular weight excluding hydrogens is 466 g/mol. The van der Waals surface area contributed by atoms with Gasteiger partial charge in [-0.05, 0) is 13.0 Å². The summed E-state index contributed by atoms with van der Waals surface area (Å²) in [4.78, 5) is 40.2. The molecule has 3 rings (SSSR count). The van der Waals surface area contributed by atoms with Crippen molar-refractivity contribution in [3.05, 3.63) is 47.9 Å². The molecule has 1 unspecified atom stereocenters. The third-order valence-corrected chi connectivity index (χ3v) is 4.71. The lowest BCUT2D eigenvalue weighted by Gasteiger charge is -2.30. The minimum Gasteiger partial charge on any atom is -0.466 e. The van der Waals surface area contributed by atoms with Gasteiger partial charge in [-0.25, -0.2) is 19.1 Å². The highest BCUT2D eigenvalue weighted by Gasteiger charge is 2.46. The number of carbonyl (C=O) groups is 3. The molecule has 1 atom stereocenters. The topological polar surface area (TPSA) is 121 Å². The van der Waals surface area contributed by atoms with Gasteiger partial charge in [-0.1, -0.05) is 0 Å². The molecule has 0 fully saturated rings. The van der Waals surface area contributed by atoms with Crippen LogP contribution in [0.4, 0.5) is 28.9 Å². The van der Waals surface area contributed by atoms with Crippen LogP contribution in [0.5, 0.6) is 17.4 Å². The summed E-state index contributed by atoms with van der Waals surface area (Å²) in [7, 11) is 1.19. The van der Waals surface area contributed by atoms with Gasteiger partial charge in [0.15, 0.2) is 12.4 Å². The Hall–Kier alpha value is -4.16. The summed E-state index contributed by atoms with van der Waals surface area (Å²) in [6.45, 7) is 0.585. The van der Waals surface area contributed by atoms with Gasteiger partial charge in [0.2, 0.25) is 11.8 Å². The number of benzene rings is 1. The van der Waals surface area contributed by atoms with Crippen molar-refractivity contribution >= 4 is 29.2 Å². The lowest BCUT2D eigenvalue weighted by molar-refractivity contribution is -0.143. The average Bonchev–Trinajstić information content (AvgIpc) is 2.77. The molecule has 180 valence electrons. The van der Waals surface area contributed by atoms with Crippen LogP contribution in [0.2, 0.25) is 0 Å². The molecule has 34 heavy (non-hydrogen) atoms. The Balaban J connectivity index is 1.87. The Labute approximate surface area is 189 Å². The third-order valence-electron chi connectivity index (χ3n) is 4.71. The van der Waals surface area contributed by atoms with E-state index in [1.54, 1.807) is 0 Å². The zero-order chi connectivity index (χ0) is 25.2. The monoisotopic (exact) mass is 483 g/mol.